The second-order valence-electron chi connectivity index (χ2n) is 17.8. The maximum atomic E-state index is 14.6. The van der Waals surface area contributed by atoms with E-state index in [1.54, 1.807) is 19.1 Å². The molecule has 4 aromatic heterocycles. The Labute approximate surface area is 437 Å². The first-order valence-corrected chi connectivity index (χ1v) is 26.6. The van der Waals surface area contributed by atoms with Gasteiger partial charge in [0, 0.05) is 78.5 Å². The topological polar surface area (TPSA) is 186 Å². The molecular weight excluding hydrogens is 1130 g/mol. The Morgan fingerprint density at radius 1 is 0.579 bits per heavy atom. The monoisotopic (exact) mass is 1170 g/mol. The standard InChI is InChI=1S/C25H23F5N4O3S.C24H20BrF5N4O3S/c1-14-11-31-21(17-12-32-24(33-13-17)25(28,29)30)9-16(14)3-8-23(35)22-10-20(27)15(2)34(22)38(36,37)19-6-4-18(26)5-7-19;1-13-19(27)9-21(34(13)38(36,37)17-5-3-16(26)4-6-17)22(35)7-2-14-8-20(31-12-18(14)25)15-10-32-23(33-11-15)24(28,29)30/h4-7,9,11-13,15,20,22H,3,8,10H2,1-2H3;3-6,8,10-13,19,21H,2,7,9H2,1H3/t15-,20+,22-;13-,19+,21-/m00/s1. The van der Waals surface area contributed by atoms with Crippen LogP contribution >= 0.6 is 15.9 Å². The molecule has 2 aliphatic heterocycles. The van der Waals surface area contributed by atoms with E-state index < -0.39 is 104 Å². The predicted molar refractivity (Wildman–Crippen MR) is 256 cm³/mol. The molecule has 0 saturated carbocycles. The number of Topliss-reactive ketones (excluding diaryl/α,β-unsaturated/α-hetero) is 2. The average Bonchev–Trinajstić information content (AvgIpc) is 3.87. The molecule has 2 aliphatic rings. The molecule has 14 nitrogen and oxygen atoms in total. The molecule has 2 aromatic carbocycles. The zero-order valence-electron chi connectivity index (χ0n) is 39.9. The Balaban J connectivity index is 0.000000221. The number of aromatic nitrogens is 6. The number of carbonyl (C=O) groups is 2. The quantitative estimate of drug-likeness (QED) is 0.0942. The van der Waals surface area contributed by atoms with E-state index in [0.29, 0.717) is 26.9 Å². The summed E-state index contributed by atoms with van der Waals surface area (Å²) in [5.41, 5.74) is 2.95. The third-order valence-corrected chi connectivity index (χ3v) is 17.4. The minimum atomic E-state index is -4.69. The van der Waals surface area contributed by atoms with Gasteiger partial charge in [-0.15, -0.1) is 0 Å². The Kier molecular flexibility index (Phi) is 17.3. The number of rotatable bonds is 14. The summed E-state index contributed by atoms with van der Waals surface area (Å²) in [5, 5.41) is 0. The number of alkyl halides is 8. The second-order valence-corrected chi connectivity index (χ2v) is 22.3. The van der Waals surface area contributed by atoms with Crippen molar-refractivity contribution in [2.75, 3.05) is 0 Å². The highest BCUT2D eigenvalue weighted by atomic mass is 79.9. The molecule has 6 atom stereocenters. The fraction of sp³-hybridized carbons (Fsp3) is 0.347. The number of benzene rings is 2. The lowest BCUT2D eigenvalue weighted by atomic mass is 9.99. The maximum Gasteiger partial charge on any atom is 0.451 e. The first-order chi connectivity index (χ1) is 35.6. The third-order valence-electron chi connectivity index (χ3n) is 12.7. The molecule has 0 bridgehead atoms. The first-order valence-electron chi connectivity index (χ1n) is 22.9. The molecule has 76 heavy (non-hydrogen) atoms. The van der Waals surface area contributed by atoms with Crippen LogP contribution in [0, 0.1) is 18.6 Å². The van der Waals surface area contributed by atoms with Gasteiger partial charge in [-0.1, -0.05) is 0 Å². The van der Waals surface area contributed by atoms with Crippen LogP contribution < -0.4 is 0 Å². The van der Waals surface area contributed by atoms with E-state index >= 15 is 0 Å². The minimum absolute atomic E-state index is 0.114. The number of aryl methyl sites for hydroxylation is 3. The molecular formula is C49H43BrF10N8O6S2. The summed E-state index contributed by atoms with van der Waals surface area (Å²) in [7, 11) is -8.56. The van der Waals surface area contributed by atoms with Crippen molar-refractivity contribution >= 4 is 47.5 Å². The van der Waals surface area contributed by atoms with Gasteiger partial charge in [-0.25, -0.2) is 54.3 Å². The summed E-state index contributed by atoms with van der Waals surface area (Å²) >= 11 is 3.32. The molecule has 2 fully saturated rings. The molecule has 0 aliphatic carbocycles. The lowest BCUT2D eigenvalue weighted by Gasteiger charge is -2.26. The van der Waals surface area contributed by atoms with Gasteiger partial charge in [0.1, 0.15) is 24.0 Å². The van der Waals surface area contributed by atoms with E-state index in [1.165, 1.54) is 26.2 Å². The summed E-state index contributed by atoms with van der Waals surface area (Å²) in [6.45, 7) is 4.49. The molecule has 6 aromatic rings. The summed E-state index contributed by atoms with van der Waals surface area (Å²) in [4.78, 5) is 47.5. The zero-order valence-corrected chi connectivity index (χ0v) is 43.2. The highest BCUT2D eigenvalue weighted by Gasteiger charge is 2.50. The van der Waals surface area contributed by atoms with E-state index in [-0.39, 0.29) is 65.1 Å². The van der Waals surface area contributed by atoms with Crippen LogP contribution in [0.4, 0.5) is 43.9 Å². The summed E-state index contributed by atoms with van der Waals surface area (Å²) < 4.78 is 188. The minimum Gasteiger partial charge on any atom is -0.298 e. The van der Waals surface area contributed by atoms with Crippen molar-refractivity contribution in [3.8, 4) is 22.5 Å². The lowest BCUT2D eigenvalue weighted by molar-refractivity contribution is -0.145. The van der Waals surface area contributed by atoms with E-state index in [4.69, 9.17) is 0 Å². The molecule has 0 spiro atoms. The van der Waals surface area contributed by atoms with Crippen LogP contribution in [0.1, 0.15) is 67.9 Å². The van der Waals surface area contributed by atoms with Crippen LogP contribution in [0.5, 0.6) is 0 Å². The molecule has 6 heterocycles. The number of carbonyl (C=O) groups excluding carboxylic acids is 2. The van der Waals surface area contributed by atoms with E-state index in [1.807, 2.05) is 0 Å². The van der Waals surface area contributed by atoms with Crippen molar-refractivity contribution in [1.82, 2.24) is 38.5 Å². The van der Waals surface area contributed by atoms with E-state index in [0.717, 1.165) is 81.9 Å². The van der Waals surface area contributed by atoms with Crippen LogP contribution in [-0.4, -0.2) is 103 Å². The van der Waals surface area contributed by atoms with Crippen molar-refractivity contribution in [3.05, 3.63) is 142 Å². The van der Waals surface area contributed by atoms with Gasteiger partial charge in [0.2, 0.25) is 31.7 Å². The van der Waals surface area contributed by atoms with Gasteiger partial charge in [-0.05, 0) is 127 Å². The normalized spacial score (nSPS) is 20.6. The molecule has 404 valence electrons. The van der Waals surface area contributed by atoms with E-state index in [9.17, 15) is 70.3 Å². The molecule has 0 unspecified atom stereocenters. The van der Waals surface area contributed by atoms with Crippen LogP contribution in [0.2, 0.25) is 0 Å². The fourth-order valence-corrected chi connectivity index (χ4v) is 12.7. The number of nitrogens with zero attached hydrogens (tertiary/aromatic N) is 8. The van der Waals surface area contributed by atoms with Gasteiger partial charge in [0.05, 0.1) is 45.3 Å². The van der Waals surface area contributed by atoms with Crippen molar-refractivity contribution in [3.63, 3.8) is 0 Å². The van der Waals surface area contributed by atoms with E-state index in [2.05, 4.69) is 45.8 Å². The molecule has 27 heteroatoms. The van der Waals surface area contributed by atoms with Gasteiger partial charge >= 0.3 is 12.4 Å². The van der Waals surface area contributed by atoms with Crippen LogP contribution in [-0.2, 0) is 54.8 Å². The molecule has 8 rings (SSSR count). The molecule has 0 N–H and O–H groups in total. The molecule has 0 amide bonds. The number of hydrogen-bond donors (Lipinski definition) is 0. The number of hydrogen-bond acceptors (Lipinski definition) is 12. The van der Waals surface area contributed by atoms with Crippen LogP contribution in [0.15, 0.2) is 112 Å². The number of pyridine rings is 2. The summed E-state index contributed by atoms with van der Waals surface area (Å²) in [6.07, 6.45) is -6.23. The van der Waals surface area contributed by atoms with Crippen molar-refractivity contribution < 1.29 is 70.3 Å². The average molecular weight is 1170 g/mol. The molecule has 0 radical (unpaired) electrons. The van der Waals surface area contributed by atoms with Crippen molar-refractivity contribution in [2.45, 2.75) is 118 Å². The van der Waals surface area contributed by atoms with Crippen molar-refractivity contribution in [1.29, 1.82) is 0 Å². The van der Waals surface area contributed by atoms with Crippen LogP contribution in [0.25, 0.3) is 22.5 Å². The highest BCUT2D eigenvalue weighted by molar-refractivity contribution is 9.10. The van der Waals surface area contributed by atoms with Gasteiger partial charge in [0.25, 0.3) is 0 Å². The number of sulfonamides is 2. The van der Waals surface area contributed by atoms with Crippen molar-refractivity contribution in [2.24, 2.45) is 0 Å². The Hall–Kier alpha value is -6.16. The SMILES string of the molecule is C[C@H]1[C@H](F)C[C@@H](C(=O)CCc2cc(-c3cnc(C(F)(F)F)nc3)ncc2Br)N1S(=O)(=O)c1ccc(F)cc1.Cc1cnc(-c2cnc(C(F)(F)F)nc2)cc1CCC(=O)[C@@H]1C[C@@H](F)[C@H](C)N1S(=O)(=O)c1ccc(F)cc1. The van der Waals surface area contributed by atoms with Gasteiger partial charge in [0.15, 0.2) is 11.6 Å². The lowest BCUT2D eigenvalue weighted by Crippen LogP contribution is -2.44. The van der Waals surface area contributed by atoms with Gasteiger partial charge < -0.3 is 0 Å². The fourth-order valence-electron chi connectivity index (χ4n) is 8.58. The Morgan fingerprint density at radius 3 is 1.32 bits per heavy atom. The summed E-state index contributed by atoms with van der Waals surface area (Å²) in [5.74, 6) is -4.84. The summed E-state index contributed by atoms with van der Waals surface area (Å²) in [6, 6.07) is 6.61. The maximum absolute atomic E-state index is 14.6. The number of halogens is 11. The smallest absolute Gasteiger partial charge is 0.298 e. The Morgan fingerprint density at radius 2 is 0.934 bits per heavy atom. The highest BCUT2D eigenvalue weighted by Crippen LogP contribution is 2.37. The second kappa shape index (κ2) is 22.8. The predicted octanol–water partition coefficient (Wildman–Crippen LogP) is 9.85. The van der Waals surface area contributed by atoms with Gasteiger partial charge in [-0.3, -0.25) is 19.6 Å². The number of ketones is 2. The Bertz CT molecular complexity index is 3090. The zero-order chi connectivity index (χ0) is 55.7. The largest absolute Gasteiger partial charge is 0.451 e. The third kappa shape index (κ3) is 12.8. The first kappa shape index (κ1) is 57.5. The van der Waals surface area contributed by atoms with Gasteiger partial charge in [-0.2, -0.15) is 35.0 Å². The van der Waals surface area contributed by atoms with Crippen LogP contribution in [0.3, 0.4) is 0 Å². The molecule has 2 saturated heterocycles.